The normalized spacial score (nSPS) is 19.3. The summed E-state index contributed by atoms with van der Waals surface area (Å²) in [7, 11) is 1.67. The highest BCUT2D eigenvalue weighted by Crippen LogP contribution is 2.29. The second-order valence-electron chi connectivity index (χ2n) is 5.68. The van der Waals surface area contributed by atoms with Gasteiger partial charge in [-0.1, -0.05) is 32.9 Å². The minimum atomic E-state index is 0.0525. The van der Waals surface area contributed by atoms with E-state index in [1.807, 2.05) is 12.1 Å². The van der Waals surface area contributed by atoms with Gasteiger partial charge in [0.2, 0.25) is 0 Å². The van der Waals surface area contributed by atoms with Crippen molar-refractivity contribution in [3.63, 3.8) is 0 Å². The smallest absolute Gasteiger partial charge is 0.171 e. The molecule has 2 N–H and O–H groups in total. The number of rotatable bonds is 2. The molecule has 0 aromatic heterocycles. The first kappa shape index (κ1) is 13.9. The highest BCUT2D eigenvalue weighted by atomic mass is 32.1. The van der Waals surface area contributed by atoms with Gasteiger partial charge in [-0.25, -0.2) is 0 Å². The van der Waals surface area contributed by atoms with Gasteiger partial charge in [0.25, 0.3) is 0 Å². The number of hydrogen-bond donors (Lipinski definition) is 2. The lowest BCUT2D eigenvalue weighted by atomic mass is 9.89. The van der Waals surface area contributed by atoms with E-state index in [1.54, 1.807) is 7.11 Å². The Balaban J connectivity index is 2.30. The van der Waals surface area contributed by atoms with E-state index in [2.05, 4.69) is 49.6 Å². The van der Waals surface area contributed by atoms with Gasteiger partial charge in [-0.2, -0.15) is 0 Å². The van der Waals surface area contributed by atoms with Gasteiger partial charge in [-0.3, -0.25) is 0 Å². The minimum absolute atomic E-state index is 0.0525. The molecule has 1 heterocycles. The van der Waals surface area contributed by atoms with Crippen LogP contribution in [-0.4, -0.2) is 12.2 Å². The van der Waals surface area contributed by atoms with Gasteiger partial charge in [0.1, 0.15) is 5.75 Å². The van der Waals surface area contributed by atoms with Crippen LogP contribution in [0, 0.1) is 5.41 Å². The Morgan fingerprint density at radius 1 is 1.16 bits per heavy atom. The summed E-state index contributed by atoms with van der Waals surface area (Å²) in [6, 6.07) is 8.15. The van der Waals surface area contributed by atoms with Gasteiger partial charge in [0, 0.05) is 11.1 Å². The van der Waals surface area contributed by atoms with Crippen molar-refractivity contribution in [3.05, 3.63) is 41.6 Å². The number of ether oxygens (including phenoxy) is 1. The molecular weight excluding hydrogens is 256 g/mol. The molecule has 0 saturated heterocycles. The lowest BCUT2D eigenvalue weighted by molar-refractivity contribution is 0.414. The van der Waals surface area contributed by atoms with Crippen LogP contribution >= 0.6 is 12.2 Å². The monoisotopic (exact) mass is 276 g/mol. The molecule has 1 aliphatic rings. The zero-order chi connectivity index (χ0) is 14.0. The van der Waals surface area contributed by atoms with Crippen molar-refractivity contribution in [2.45, 2.75) is 26.8 Å². The van der Waals surface area contributed by atoms with Gasteiger partial charge in [-0.05, 0) is 36.0 Å². The van der Waals surface area contributed by atoms with Crippen molar-refractivity contribution in [1.82, 2.24) is 10.6 Å². The van der Waals surface area contributed by atoms with Crippen molar-refractivity contribution < 1.29 is 4.74 Å². The van der Waals surface area contributed by atoms with Gasteiger partial charge in [-0.15, -0.1) is 0 Å². The number of benzene rings is 1. The van der Waals surface area contributed by atoms with Gasteiger partial charge < -0.3 is 15.4 Å². The van der Waals surface area contributed by atoms with E-state index in [0.717, 1.165) is 11.4 Å². The maximum absolute atomic E-state index is 5.29. The molecule has 0 spiro atoms. The predicted molar refractivity (Wildman–Crippen MR) is 82.1 cm³/mol. The molecule has 0 amide bonds. The lowest BCUT2D eigenvalue weighted by Gasteiger charge is -2.32. The number of allylic oxidation sites excluding steroid dienone is 1. The molecule has 1 aliphatic heterocycles. The van der Waals surface area contributed by atoms with Gasteiger partial charge in [0.15, 0.2) is 5.11 Å². The van der Waals surface area contributed by atoms with Crippen LogP contribution in [0.4, 0.5) is 0 Å². The molecule has 0 radical (unpaired) electrons. The highest BCUT2D eigenvalue weighted by molar-refractivity contribution is 7.80. The Bertz CT molecular complexity index is 500. The molecule has 1 atom stereocenters. The fourth-order valence-electron chi connectivity index (χ4n) is 1.98. The maximum Gasteiger partial charge on any atom is 0.171 e. The Labute approximate surface area is 120 Å². The first-order chi connectivity index (χ1) is 8.90. The summed E-state index contributed by atoms with van der Waals surface area (Å²) in [4.78, 5) is 0. The third-order valence-electron chi connectivity index (χ3n) is 3.15. The largest absolute Gasteiger partial charge is 0.497 e. The lowest BCUT2D eigenvalue weighted by Crippen LogP contribution is -2.44. The van der Waals surface area contributed by atoms with Crippen LogP contribution in [0.3, 0.4) is 0 Å². The fourth-order valence-corrected chi connectivity index (χ4v) is 2.21. The van der Waals surface area contributed by atoms with Crippen molar-refractivity contribution in [2.75, 3.05) is 7.11 Å². The molecule has 3 nitrogen and oxygen atoms in total. The van der Waals surface area contributed by atoms with E-state index in [0.29, 0.717) is 5.11 Å². The quantitative estimate of drug-likeness (QED) is 0.813. The van der Waals surface area contributed by atoms with Gasteiger partial charge in [0.05, 0.1) is 13.2 Å². The fraction of sp³-hybridized carbons (Fsp3) is 0.400. The van der Waals surface area contributed by atoms with Crippen molar-refractivity contribution in [1.29, 1.82) is 0 Å². The molecule has 1 aromatic rings. The minimum Gasteiger partial charge on any atom is -0.497 e. The summed E-state index contributed by atoms with van der Waals surface area (Å²) in [6.45, 7) is 6.51. The molecule has 19 heavy (non-hydrogen) atoms. The second kappa shape index (κ2) is 5.21. The van der Waals surface area contributed by atoms with Crippen LogP contribution < -0.4 is 15.4 Å². The Morgan fingerprint density at radius 3 is 2.32 bits per heavy atom. The topological polar surface area (TPSA) is 33.3 Å². The van der Waals surface area contributed by atoms with Crippen LogP contribution in [-0.2, 0) is 0 Å². The molecule has 0 aliphatic carbocycles. The number of nitrogens with one attached hydrogen (secondary N) is 2. The summed E-state index contributed by atoms with van der Waals surface area (Å²) in [5.41, 5.74) is 2.38. The molecule has 102 valence electrons. The van der Waals surface area contributed by atoms with Crippen molar-refractivity contribution >= 4 is 17.3 Å². The first-order valence-electron chi connectivity index (χ1n) is 6.34. The molecule has 2 rings (SSSR count). The third-order valence-corrected chi connectivity index (χ3v) is 3.37. The summed E-state index contributed by atoms with van der Waals surface area (Å²) < 4.78 is 5.18. The number of methoxy groups -OCH3 is 1. The highest BCUT2D eigenvalue weighted by Gasteiger charge is 2.24. The van der Waals surface area contributed by atoms with E-state index < -0.39 is 0 Å². The average Bonchev–Trinajstić information content (AvgIpc) is 2.37. The standard InChI is InChI=1S/C15H20N2OS/c1-15(2,3)13-9-12(16-14(19)17-13)10-5-7-11(18-4)8-6-10/h5-9,12H,1-4H3,(H2,16,17,19). The summed E-state index contributed by atoms with van der Waals surface area (Å²) in [5, 5.41) is 7.18. The molecular formula is C15H20N2OS. The second-order valence-corrected chi connectivity index (χ2v) is 6.09. The van der Waals surface area contributed by atoms with Crippen molar-refractivity contribution in [3.8, 4) is 5.75 Å². The molecule has 4 heteroatoms. The van der Waals surface area contributed by atoms with E-state index in [1.165, 1.54) is 5.56 Å². The summed E-state index contributed by atoms with van der Waals surface area (Å²) >= 11 is 5.29. The maximum atomic E-state index is 5.29. The SMILES string of the molecule is COc1ccc(C2C=C(C(C)(C)C)NC(=S)N2)cc1. The number of hydrogen-bond acceptors (Lipinski definition) is 2. The van der Waals surface area contributed by atoms with Gasteiger partial charge >= 0.3 is 0 Å². The Kier molecular flexibility index (Phi) is 3.80. The zero-order valence-corrected chi connectivity index (χ0v) is 12.6. The number of thiocarbonyl (C=S) groups is 1. The van der Waals surface area contributed by atoms with Crippen LogP contribution in [0.25, 0.3) is 0 Å². The van der Waals surface area contributed by atoms with Crippen molar-refractivity contribution in [2.24, 2.45) is 5.41 Å². The molecule has 0 bridgehead atoms. The summed E-state index contributed by atoms with van der Waals surface area (Å²) in [5.74, 6) is 0.861. The molecule has 1 unspecified atom stereocenters. The molecule has 0 saturated carbocycles. The zero-order valence-electron chi connectivity index (χ0n) is 11.8. The predicted octanol–water partition coefficient (Wildman–Crippen LogP) is 3.14. The third kappa shape index (κ3) is 3.26. The Hall–Kier alpha value is -1.55. The van der Waals surface area contributed by atoms with Crippen LogP contribution in [0.5, 0.6) is 5.75 Å². The first-order valence-corrected chi connectivity index (χ1v) is 6.75. The van der Waals surface area contributed by atoms with Crippen LogP contribution in [0.2, 0.25) is 0 Å². The average molecular weight is 276 g/mol. The van der Waals surface area contributed by atoms with E-state index >= 15 is 0 Å². The van der Waals surface area contributed by atoms with E-state index in [-0.39, 0.29) is 11.5 Å². The molecule has 1 aromatic carbocycles. The van der Waals surface area contributed by atoms with E-state index in [9.17, 15) is 0 Å². The molecule has 0 fully saturated rings. The Morgan fingerprint density at radius 2 is 1.79 bits per heavy atom. The summed E-state index contributed by atoms with van der Waals surface area (Å²) in [6.07, 6.45) is 2.19. The van der Waals surface area contributed by atoms with Crippen LogP contribution in [0.1, 0.15) is 32.4 Å². The van der Waals surface area contributed by atoms with E-state index in [4.69, 9.17) is 17.0 Å². The van der Waals surface area contributed by atoms with Crippen LogP contribution in [0.15, 0.2) is 36.0 Å².